The predicted molar refractivity (Wildman–Crippen MR) is 95.7 cm³/mol. The molecule has 1 aromatic heterocycles. The highest BCUT2D eigenvalue weighted by molar-refractivity contribution is 6.04. The summed E-state index contributed by atoms with van der Waals surface area (Å²) in [5, 5.41) is 2.82. The number of benzene rings is 1. The van der Waals surface area contributed by atoms with E-state index < -0.39 is 5.92 Å². The first-order valence-corrected chi connectivity index (χ1v) is 8.34. The van der Waals surface area contributed by atoms with Crippen molar-refractivity contribution in [3.63, 3.8) is 0 Å². The van der Waals surface area contributed by atoms with Crippen molar-refractivity contribution in [1.29, 1.82) is 0 Å². The van der Waals surface area contributed by atoms with Crippen LogP contribution in [0.5, 0.6) is 5.75 Å². The van der Waals surface area contributed by atoms with Gasteiger partial charge in [-0.1, -0.05) is 18.2 Å². The van der Waals surface area contributed by atoms with Crippen LogP contribution in [0.25, 0.3) is 0 Å². The van der Waals surface area contributed by atoms with Crippen LogP contribution in [0.15, 0.2) is 42.6 Å². The second-order valence-electron chi connectivity index (χ2n) is 5.96. The van der Waals surface area contributed by atoms with Gasteiger partial charge in [-0.25, -0.2) is 4.98 Å². The van der Waals surface area contributed by atoms with Crippen molar-refractivity contribution >= 4 is 23.3 Å². The van der Waals surface area contributed by atoms with Crippen molar-refractivity contribution in [2.75, 3.05) is 23.4 Å². The molecule has 1 saturated heterocycles. The third-order valence-corrected chi connectivity index (χ3v) is 4.20. The summed E-state index contributed by atoms with van der Waals surface area (Å²) in [6.07, 6.45) is 1.81. The summed E-state index contributed by atoms with van der Waals surface area (Å²) in [6.45, 7) is 4.63. The zero-order chi connectivity index (χ0) is 17.8. The molecule has 0 saturated carbocycles. The number of carbonyl (C=O) groups excluding carboxylic acids is 2. The Morgan fingerprint density at radius 2 is 2.12 bits per heavy atom. The topological polar surface area (TPSA) is 71.5 Å². The average molecular weight is 339 g/mol. The van der Waals surface area contributed by atoms with Crippen molar-refractivity contribution in [2.24, 2.45) is 5.92 Å². The second-order valence-corrected chi connectivity index (χ2v) is 5.96. The summed E-state index contributed by atoms with van der Waals surface area (Å²) >= 11 is 0. The molecule has 0 spiro atoms. The molecule has 2 heterocycles. The van der Waals surface area contributed by atoms with Crippen molar-refractivity contribution in [3.8, 4) is 5.75 Å². The molecule has 130 valence electrons. The van der Waals surface area contributed by atoms with E-state index >= 15 is 0 Å². The molecule has 0 bridgehead atoms. The van der Waals surface area contributed by atoms with Gasteiger partial charge in [-0.2, -0.15) is 0 Å². The van der Waals surface area contributed by atoms with Crippen molar-refractivity contribution < 1.29 is 14.3 Å². The van der Waals surface area contributed by atoms with Gasteiger partial charge in [0.05, 0.1) is 18.2 Å². The molecule has 1 fully saturated rings. The van der Waals surface area contributed by atoms with Crippen LogP contribution in [0.3, 0.4) is 0 Å². The quantitative estimate of drug-likeness (QED) is 0.909. The van der Waals surface area contributed by atoms with Crippen LogP contribution < -0.4 is 15.0 Å². The number of nitrogens with one attached hydrogen (secondary N) is 1. The molecule has 1 aliphatic heterocycles. The van der Waals surface area contributed by atoms with Gasteiger partial charge in [-0.3, -0.25) is 9.59 Å². The van der Waals surface area contributed by atoms with E-state index in [1.165, 1.54) is 0 Å². The highest BCUT2D eigenvalue weighted by atomic mass is 16.5. The van der Waals surface area contributed by atoms with Crippen LogP contribution in [-0.4, -0.2) is 29.9 Å². The lowest BCUT2D eigenvalue weighted by Crippen LogP contribution is -2.28. The van der Waals surface area contributed by atoms with Gasteiger partial charge in [0.15, 0.2) is 0 Å². The van der Waals surface area contributed by atoms with Gasteiger partial charge in [0.1, 0.15) is 11.6 Å². The summed E-state index contributed by atoms with van der Waals surface area (Å²) < 4.78 is 5.60. The van der Waals surface area contributed by atoms with Crippen LogP contribution in [0.2, 0.25) is 0 Å². The van der Waals surface area contributed by atoms with Crippen LogP contribution in [-0.2, 0) is 9.59 Å². The minimum atomic E-state index is -0.413. The third kappa shape index (κ3) is 3.63. The number of nitrogens with zero attached hydrogens (tertiary/aromatic N) is 2. The van der Waals surface area contributed by atoms with Crippen molar-refractivity contribution in [2.45, 2.75) is 20.3 Å². The Labute approximate surface area is 146 Å². The molecular formula is C19H21N3O3. The zero-order valence-corrected chi connectivity index (χ0v) is 14.4. The molecule has 25 heavy (non-hydrogen) atoms. The Morgan fingerprint density at radius 3 is 2.88 bits per heavy atom. The minimum Gasteiger partial charge on any atom is -0.492 e. The number of aryl methyl sites for hydroxylation is 1. The van der Waals surface area contributed by atoms with Crippen LogP contribution in [0.1, 0.15) is 18.9 Å². The maximum absolute atomic E-state index is 12.5. The number of carbonyl (C=O) groups is 2. The first kappa shape index (κ1) is 17.0. The summed E-state index contributed by atoms with van der Waals surface area (Å²) in [5.41, 5.74) is 1.59. The van der Waals surface area contributed by atoms with E-state index in [-0.39, 0.29) is 18.2 Å². The number of aromatic nitrogens is 1. The van der Waals surface area contributed by atoms with E-state index in [1.807, 2.05) is 50.2 Å². The molecule has 1 atom stereocenters. The molecule has 0 aliphatic carbocycles. The number of para-hydroxylation sites is 2. The Kier molecular flexibility index (Phi) is 4.97. The zero-order valence-electron chi connectivity index (χ0n) is 14.4. The van der Waals surface area contributed by atoms with E-state index in [2.05, 4.69) is 10.3 Å². The van der Waals surface area contributed by atoms with Crippen molar-refractivity contribution in [3.05, 3.63) is 48.2 Å². The van der Waals surface area contributed by atoms with Gasteiger partial charge in [-0.05, 0) is 37.6 Å². The van der Waals surface area contributed by atoms with E-state index in [9.17, 15) is 9.59 Å². The number of ether oxygens (including phenoxy) is 1. The summed E-state index contributed by atoms with van der Waals surface area (Å²) in [5.74, 6) is 0.508. The third-order valence-electron chi connectivity index (χ3n) is 4.20. The number of anilines is 2. The highest BCUT2D eigenvalue weighted by Gasteiger charge is 2.36. The maximum atomic E-state index is 12.5. The molecule has 2 aromatic rings. The number of pyridine rings is 1. The van der Waals surface area contributed by atoms with Gasteiger partial charge in [-0.15, -0.1) is 0 Å². The van der Waals surface area contributed by atoms with Gasteiger partial charge >= 0.3 is 0 Å². The summed E-state index contributed by atoms with van der Waals surface area (Å²) in [7, 11) is 0. The summed E-state index contributed by atoms with van der Waals surface area (Å²) in [4.78, 5) is 30.8. The highest BCUT2D eigenvalue weighted by Crippen LogP contribution is 2.33. The molecule has 3 rings (SSSR count). The molecule has 1 aromatic carbocycles. The van der Waals surface area contributed by atoms with Gasteiger partial charge in [0.2, 0.25) is 11.8 Å². The number of hydrogen-bond acceptors (Lipinski definition) is 4. The molecule has 0 radical (unpaired) electrons. The Bertz CT molecular complexity index is 791. The first-order chi connectivity index (χ1) is 12.1. The molecule has 6 heteroatoms. The number of amides is 2. The predicted octanol–water partition coefficient (Wildman–Crippen LogP) is 2.78. The van der Waals surface area contributed by atoms with E-state index in [0.717, 1.165) is 5.56 Å². The largest absolute Gasteiger partial charge is 0.492 e. The van der Waals surface area contributed by atoms with E-state index in [4.69, 9.17) is 4.74 Å². The van der Waals surface area contributed by atoms with Crippen LogP contribution >= 0.6 is 0 Å². The lowest BCUT2D eigenvalue weighted by Gasteiger charge is -2.20. The van der Waals surface area contributed by atoms with Crippen LogP contribution in [0, 0.1) is 12.8 Å². The average Bonchev–Trinajstić information content (AvgIpc) is 2.99. The maximum Gasteiger partial charge on any atom is 0.230 e. The Balaban J connectivity index is 1.74. The molecular weight excluding hydrogens is 318 g/mol. The molecule has 2 amide bonds. The van der Waals surface area contributed by atoms with E-state index in [1.54, 1.807) is 11.1 Å². The fourth-order valence-corrected chi connectivity index (χ4v) is 2.91. The normalized spacial score (nSPS) is 16.8. The van der Waals surface area contributed by atoms with Crippen molar-refractivity contribution in [1.82, 2.24) is 4.98 Å². The fourth-order valence-electron chi connectivity index (χ4n) is 2.91. The second kappa shape index (κ2) is 7.34. The molecule has 1 unspecified atom stereocenters. The SMILES string of the molecule is CCOc1ccccc1N1CC(C(=O)Nc2ncccc2C)CC1=O. The Morgan fingerprint density at radius 1 is 1.32 bits per heavy atom. The monoisotopic (exact) mass is 339 g/mol. The van der Waals surface area contributed by atoms with Crippen LogP contribution in [0.4, 0.5) is 11.5 Å². The number of hydrogen-bond donors (Lipinski definition) is 1. The molecule has 1 N–H and O–H groups in total. The standard InChI is InChI=1S/C19H21N3O3/c1-3-25-16-9-5-4-8-15(16)22-12-14(11-17(22)23)19(24)21-18-13(2)7-6-10-20-18/h4-10,14H,3,11-12H2,1-2H3,(H,20,21,24). The van der Waals surface area contributed by atoms with Gasteiger partial charge in [0, 0.05) is 19.2 Å². The number of rotatable bonds is 5. The van der Waals surface area contributed by atoms with E-state index in [0.29, 0.717) is 30.4 Å². The smallest absolute Gasteiger partial charge is 0.230 e. The molecule has 6 nitrogen and oxygen atoms in total. The van der Waals surface area contributed by atoms with Gasteiger partial charge in [0.25, 0.3) is 0 Å². The Hall–Kier alpha value is -2.89. The first-order valence-electron chi connectivity index (χ1n) is 8.34. The molecule has 1 aliphatic rings. The lowest BCUT2D eigenvalue weighted by molar-refractivity contribution is -0.122. The van der Waals surface area contributed by atoms with Gasteiger partial charge < -0.3 is 15.0 Å². The summed E-state index contributed by atoms with van der Waals surface area (Å²) in [6, 6.07) is 11.1. The lowest BCUT2D eigenvalue weighted by atomic mass is 10.1. The minimum absolute atomic E-state index is 0.0787. The fraction of sp³-hybridized carbons (Fsp3) is 0.316.